The van der Waals surface area contributed by atoms with Crippen molar-refractivity contribution < 1.29 is 27.5 Å². The predicted octanol–water partition coefficient (Wildman–Crippen LogP) is 2.13. The molecule has 0 radical (unpaired) electrons. The monoisotopic (exact) mass is 442 g/mol. The molecular formula is C22H22N2O6S. The van der Waals surface area contributed by atoms with Crippen molar-refractivity contribution in [3.05, 3.63) is 59.7 Å². The van der Waals surface area contributed by atoms with Gasteiger partial charge in [0.2, 0.25) is 5.91 Å². The van der Waals surface area contributed by atoms with Crippen LogP contribution in [0.15, 0.2) is 53.4 Å². The van der Waals surface area contributed by atoms with Gasteiger partial charge in [-0.3, -0.25) is 18.8 Å². The van der Waals surface area contributed by atoms with E-state index in [1.165, 1.54) is 28.6 Å². The first kappa shape index (κ1) is 21.0. The molecule has 0 spiro atoms. The molecule has 2 aromatic rings. The Labute approximate surface area is 180 Å². The van der Waals surface area contributed by atoms with Gasteiger partial charge in [-0.25, -0.2) is 13.2 Å². The van der Waals surface area contributed by atoms with Gasteiger partial charge in [-0.1, -0.05) is 24.3 Å². The molecule has 2 amide bonds. The lowest BCUT2D eigenvalue weighted by Crippen LogP contribution is -2.36. The zero-order valence-corrected chi connectivity index (χ0v) is 17.8. The molecule has 2 heterocycles. The number of nitrogens with zero attached hydrogens (tertiary/aromatic N) is 2. The molecule has 0 N–H and O–H groups in total. The highest BCUT2D eigenvalue weighted by Gasteiger charge is 2.36. The Balaban J connectivity index is 1.52. The number of carbonyl (C=O) groups is 3. The summed E-state index contributed by atoms with van der Waals surface area (Å²) in [7, 11) is -3.90. The van der Waals surface area contributed by atoms with Crippen LogP contribution in [0.3, 0.4) is 0 Å². The molecule has 0 saturated carbocycles. The number of anilines is 1. The second-order valence-electron chi connectivity index (χ2n) is 7.63. The van der Waals surface area contributed by atoms with Gasteiger partial charge < -0.3 is 4.74 Å². The van der Waals surface area contributed by atoms with Crippen LogP contribution < -0.4 is 4.31 Å². The van der Waals surface area contributed by atoms with Crippen LogP contribution in [-0.4, -0.2) is 50.3 Å². The van der Waals surface area contributed by atoms with Gasteiger partial charge in [-0.15, -0.1) is 0 Å². The van der Waals surface area contributed by atoms with Crippen LogP contribution >= 0.6 is 0 Å². The van der Waals surface area contributed by atoms with E-state index in [2.05, 4.69) is 0 Å². The highest BCUT2D eigenvalue weighted by molar-refractivity contribution is 7.92. The molecule has 2 aromatic carbocycles. The maximum atomic E-state index is 13.3. The molecule has 162 valence electrons. The van der Waals surface area contributed by atoms with Crippen molar-refractivity contribution in [1.29, 1.82) is 0 Å². The number of ether oxygens (including phenoxy) is 1. The minimum atomic E-state index is -3.90. The second-order valence-corrected chi connectivity index (χ2v) is 9.44. The van der Waals surface area contributed by atoms with Gasteiger partial charge in [0, 0.05) is 19.0 Å². The smallest absolute Gasteiger partial charge is 0.338 e. The summed E-state index contributed by atoms with van der Waals surface area (Å²) in [5.41, 5.74) is 1.59. The van der Waals surface area contributed by atoms with E-state index in [1.807, 2.05) is 19.1 Å². The number of imide groups is 1. The Kier molecular flexibility index (Phi) is 5.53. The number of carbonyl (C=O) groups excluding carboxylic acids is 3. The molecule has 9 heteroatoms. The van der Waals surface area contributed by atoms with Crippen molar-refractivity contribution in [2.45, 2.75) is 37.1 Å². The van der Waals surface area contributed by atoms with Gasteiger partial charge in [-0.05, 0) is 49.6 Å². The van der Waals surface area contributed by atoms with Crippen molar-refractivity contribution in [2.75, 3.05) is 17.5 Å². The van der Waals surface area contributed by atoms with Crippen LogP contribution in [0, 0.1) is 0 Å². The third-order valence-electron chi connectivity index (χ3n) is 5.47. The van der Waals surface area contributed by atoms with Gasteiger partial charge in [0.25, 0.3) is 15.9 Å². The molecule has 1 fully saturated rings. The van der Waals surface area contributed by atoms with Gasteiger partial charge >= 0.3 is 5.97 Å². The number of amides is 2. The molecular weight excluding hydrogens is 420 g/mol. The summed E-state index contributed by atoms with van der Waals surface area (Å²) in [6.07, 6.45) is 1.50. The van der Waals surface area contributed by atoms with Crippen molar-refractivity contribution in [2.24, 2.45) is 0 Å². The van der Waals surface area contributed by atoms with E-state index < -0.39 is 28.5 Å². The maximum Gasteiger partial charge on any atom is 0.338 e. The van der Waals surface area contributed by atoms with E-state index >= 15 is 0 Å². The van der Waals surface area contributed by atoms with Crippen molar-refractivity contribution in [1.82, 2.24) is 4.90 Å². The molecule has 8 nitrogen and oxygen atoms in total. The first-order valence-corrected chi connectivity index (χ1v) is 11.5. The summed E-state index contributed by atoms with van der Waals surface area (Å²) in [5.74, 6) is -1.69. The lowest BCUT2D eigenvalue weighted by molar-refractivity contribution is -0.143. The number of likely N-dealkylation sites (tertiary alicyclic amines) is 1. The summed E-state index contributed by atoms with van der Waals surface area (Å²) in [6, 6.07) is 12.6. The normalized spacial score (nSPS) is 18.2. The minimum absolute atomic E-state index is 0.0155. The van der Waals surface area contributed by atoms with Gasteiger partial charge in [0.1, 0.15) is 0 Å². The Morgan fingerprint density at radius 1 is 1.13 bits per heavy atom. The first-order chi connectivity index (χ1) is 14.8. The zero-order chi connectivity index (χ0) is 22.2. The van der Waals surface area contributed by atoms with Crippen LogP contribution in [0.25, 0.3) is 0 Å². The van der Waals surface area contributed by atoms with E-state index in [1.54, 1.807) is 12.1 Å². The molecule has 0 bridgehead atoms. The molecule has 4 rings (SSSR count). The average molecular weight is 442 g/mol. The first-order valence-electron chi connectivity index (χ1n) is 10.0. The fraction of sp³-hybridized carbons (Fsp3) is 0.318. The van der Waals surface area contributed by atoms with Crippen molar-refractivity contribution in [3.63, 3.8) is 0 Å². The van der Waals surface area contributed by atoms with Crippen LogP contribution in [-0.2, 0) is 30.8 Å². The topological polar surface area (TPSA) is 101 Å². The molecule has 1 saturated heterocycles. The Hall–Kier alpha value is -3.20. The predicted molar refractivity (Wildman–Crippen MR) is 112 cm³/mol. The lowest BCUT2D eigenvalue weighted by Gasteiger charge is -2.24. The average Bonchev–Trinajstić information content (AvgIpc) is 3.34. The number of sulfonamides is 1. The van der Waals surface area contributed by atoms with Crippen LogP contribution in [0.2, 0.25) is 0 Å². The number of benzene rings is 2. The number of hydrogen-bond acceptors (Lipinski definition) is 6. The SMILES string of the molecule is C[C@@H]1Cc2ccccc2N1S(=O)(=O)c1cccc(C(=O)OCC(=O)N2CCCC2=O)c1. The Morgan fingerprint density at radius 2 is 1.90 bits per heavy atom. The summed E-state index contributed by atoms with van der Waals surface area (Å²) in [6.45, 7) is 1.58. The lowest BCUT2D eigenvalue weighted by atomic mass is 10.1. The fourth-order valence-electron chi connectivity index (χ4n) is 4.00. The molecule has 0 aliphatic carbocycles. The minimum Gasteiger partial charge on any atom is -0.452 e. The summed E-state index contributed by atoms with van der Waals surface area (Å²) < 4.78 is 33.1. The van der Waals surface area contributed by atoms with Crippen molar-refractivity contribution in [3.8, 4) is 0 Å². The van der Waals surface area contributed by atoms with Crippen molar-refractivity contribution >= 4 is 33.5 Å². The van der Waals surface area contributed by atoms with Crippen LogP contribution in [0.5, 0.6) is 0 Å². The highest BCUT2D eigenvalue weighted by Crippen LogP contribution is 2.36. The third kappa shape index (κ3) is 3.93. The number of fused-ring (bicyclic) bond motifs is 1. The van der Waals surface area contributed by atoms with E-state index in [9.17, 15) is 22.8 Å². The van der Waals surface area contributed by atoms with E-state index in [0.717, 1.165) is 10.5 Å². The van der Waals surface area contributed by atoms with E-state index in [4.69, 9.17) is 4.74 Å². The second kappa shape index (κ2) is 8.14. The number of hydrogen-bond donors (Lipinski definition) is 0. The van der Waals surface area contributed by atoms with E-state index in [-0.39, 0.29) is 22.4 Å². The van der Waals surface area contributed by atoms with Crippen LogP contribution in [0.1, 0.15) is 35.7 Å². The standard InChI is InChI=1S/C22H22N2O6S/c1-15-12-16-6-2-3-9-19(16)24(15)31(28,29)18-8-4-7-17(13-18)22(27)30-14-21(26)23-11-5-10-20(23)25/h2-4,6-9,13,15H,5,10-12,14H2,1H3/t15-/m1/s1. The molecule has 0 aromatic heterocycles. The Morgan fingerprint density at radius 3 is 2.65 bits per heavy atom. The molecule has 2 aliphatic rings. The summed E-state index contributed by atoms with van der Waals surface area (Å²) in [4.78, 5) is 37.1. The van der Waals surface area contributed by atoms with Crippen LogP contribution in [0.4, 0.5) is 5.69 Å². The zero-order valence-electron chi connectivity index (χ0n) is 17.0. The molecule has 0 unspecified atom stereocenters. The molecule has 2 aliphatic heterocycles. The number of esters is 1. The van der Waals surface area contributed by atoms with Gasteiger partial charge in [0.05, 0.1) is 16.1 Å². The number of para-hydroxylation sites is 1. The summed E-state index contributed by atoms with van der Waals surface area (Å²) >= 11 is 0. The quantitative estimate of drug-likeness (QED) is 0.658. The summed E-state index contributed by atoms with van der Waals surface area (Å²) in [5, 5.41) is 0. The van der Waals surface area contributed by atoms with E-state index in [0.29, 0.717) is 31.5 Å². The van der Waals surface area contributed by atoms with Gasteiger partial charge in [0.15, 0.2) is 6.61 Å². The van der Waals surface area contributed by atoms with Gasteiger partial charge in [-0.2, -0.15) is 0 Å². The fourth-order valence-corrected chi connectivity index (χ4v) is 5.74. The highest BCUT2D eigenvalue weighted by atomic mass is 32.2. The maximum absolute atomic E-state index is 13.3. The molecule has 1 atom stereocenters. The number of rotatable bonds is 5. The Bertz CT molecular complexity index is 1160. The third-order valence-corrected chi connectivity index (χ3v) is 7.40. The largest absolute Gasteiger partial charge is 0.452 e. The molecule has 31 heavy (non-hydrogen) atoms.